The van der Waals surface area contributed by atoms with Gasteiger partial charge in [-0.3, -0.25) is 0 Å². The summed E-state index contributed by atoms with van der Waals surface area (Å²) in [5, 5.41) is 9.87. The SMILES string of the molecule is CC(C)(C)OC(=O)N1CC2CCCC(O)C21. The topological polar surface area (TPSA) is 49.8 Å². The van der Waals surface area contributed by atoms with Gasteiger partial charge in [0.05, 0.1) is 12.1 Å². The lowest BCUT2D eigenvalue weighted by atomic mass is 9.75. The van der Waals surface area contributed by atoms with Crippen LogP contribution < -0.4 is 0 Å². The van der Waals surface area contributed by atoms with E-state index >= 15 is 0 Å². The molecular formula is C12H21NO3. The van der Waals surface area contributed by atoms with Crippen molar-refractivity contribution < 1.29 is 14.6 Å². The van der Waals surface area contributed by atoms with Crippen molar-refractivity contribution in [2.24, 2.45) is 5.92 Å². The fraction of sp³-hybridized carbons (Fsp3) is 0.917. The van der Waals surface area contributed by atoms with Crippen molar-refractivity contribution in [1.82, 2.24) is 4.90 Å². The van der Waals surface area contributed by atoms with Gasteiger partial charge in [-0.15, -0.1) is 0 Å². The Hall–Kier alpha value is -0.770. The van der Waals surface area contributed by atoms with Crippen LogP contribution in [0.3, 0.4) is 0 Å². The Morgan fingerprint density at radius 3 is 2.62 bits per heavy atom. The first kappa shape index (κ1) is 11.7. The van der Waals surface area contributed by atoms with Crippen LogP contribution >= 0.6 is 0 Å². The Bertz CT molecular complexity index is 278. The molecule has 0 aromatic rings. The molecule has 2 fully saturated rings. The molecule has 1 heterocycles. The third-order valence-electron chi connectivity index (χ3n) is 3.37. The van der Waals surface area contributed by atoms with Crippen LogP contribution in [0.25, 0.3) is 0 Å². The maximum absolute atomic E-state index is 11.8. The highest BCUT2D eigenvalue weighted by Gasteiger charge is 2.48. The lowest BCUT2D eigenvalue weighted by Gasteiger charge is -2.52. The number of likely N-dealkylation sites (tertiary alicyclic amines) is 1. The first-order valence-electron chi connectivity index (χ1n) is 6.06. The summed E-state index contributed by atoms with van der Waals surface area (Å²) < 4.78 is 5.31. The van der Waals surface area contributed by atoms with Gasteiger partial charge in [-0.25, -0.2) is 4.79 Å². The molecule has 0 aromatic heterocycles. The Morgan fingerprint density at radius 2 is 2.06 bits per heavy atom. The zero-order valence-corrected chi connectivity index (χ0v) is 10.3. The van der Waals surface area contributed by atoms with Gasteiger partial charge in [-0.1, -0.05) is 6.42 Å². The van der Waals surface area contributed by atoms with Gasteiger partial charge in [0, 0.05) is 6.54 Å². The molecule has 16 heavy (non-hydrogen) atoms. The molecule has 2 aliphatic rings. The highest BCUT2D eigenvalue weighted by molar-refractivity contribution is 5.70. The molecule has 0 spiro atoms. The van der Waals surface area contributed by atoms with Gasteiger partial charge >= 0.3 is 6.09 Å². The average Bonchev–Trinajstić information content (AvgIpc) is 2.04. The van der Waals surface area contributed by atoms with E-state index in [0.29, 0.717) is 5.92 Å². The summed E-state index contributed by atoms with van der Waals surface area (Å²) in [6.07, 6.45) is 2.36. The van der Waals surface area contributed by atoms with E-state index in [4.69, 9.17) is 4.74 Å². The molecule has 0 aromatic carbocycles. The summed E-state index contributed by atoms with van der Waals surface area (Å²) >= 11 is 0. The standard InChI is InChI=1S/C12H21NO3/c1-12(2,3)16-11(15)13-7-8-5-4-6-9(14)10(8)13/h8-10,14H,4-7H2,1-3H3. The highest BCUT2D eigenvalue weighted by Crippen LogP contribution is 2.38. The molecule has 1 aliphatic carbocycles. The monoisotopic (exact) mass is 227 g/mol. The van der Waals surface area contributed by atoms with Crippen LogP contribution in [0.4, 0.5) is 4.79 Å². The smallest absolute Gasteiger partial charge is 0.410 e. The number of amides is 1. The van der Waals surface area contributed by atoms with Crippen LogP contribution in [0.2, 0.25) is 0 Å². The van der Waals surface area contributed by atoms with Gasteiger partial charge in [-0.2, -0.15) is 0 Å². The second-order valence-electron chi connectivity index (χ2n) is 5.88. The zero-order chi connectivity index (χ0) is 11.9. The Balaban J connectivity index is 1.94. The van der Waals surface area contributed by atoms with Crippen molar-refractivity contribution in [3.8, 4) is 0 Å². The number of hydrogen-bond donors (Lipinski definition) is 1. The average molecular weight is 227 g/mol. The van der Waals surface area contributed by atoms with E-state index in [1.54, 1.807) is 4.90 Å². The van der Waals surface area contributed by atoms with E-state index < -0.39 is 5.60 Å². The molecule has 4 heteroatoms. The summed E-state index contributed by atoms with van der Waals surface area (Å²) in [4.78, 5) is 13.5. The second-order valence-corrected chi connectivity index (χ2v) is 5.88. The number of fused-ring (bicyclic) bond motifs is 1. The van der Waals surface area contributed by atoms with Crippen LogP contribution in [0.1, 0.15) is 40.0 Å². The molecule has 0 bridgehead atoms. The molecule has 0 radical (unpaired) electrons. The van der Waals surface area contributed by atoms with Gasteiger partial charge in [0.15, 0.2) is 0 Å². The highest BCUT2D eigenvalue weighted by atomic mass is 16.6. The largest absolute Gasteiger partial charge is 0.444 e. The molecule has 1 N–H and O–H groups in total. The molecule has 1 amide bonds. The van der Waals surface area contributed by atoms with E-state index in [9.17, 15) is 9.90 Å². The Morgan fingerprint density at radius 1 is 1.38 bits per heavy atom. The van der Waals surface area contributed by atoms with E-state index in [1.165, 1.54) is 0 Å². The molecule has 2 rings (SSSR count). The van der Waals surface area contributed by atoms with Crippen LogP contribution in [0, 0.1) is 5.92 Å². The third kappa shape index (κ3) is 2.17. The Kier molecular flexibility index (Phi) is 2.86. The van der Waals surface area contributed by atoms with Gasteiger partial charge in [0.1, 0.15) is 5.60 Å². The minimum Gasteiger partial charge on any atom is -0.444 e. The fourth-order valence-electron chi connectivity index (χ4n) is 2.66. The lowest BCUT2D eigenvalue weighted by Crippen LogP contribution is -2.65. The predicted octanol–water partition coefficient (Wildman–Crippen LogP) is 1.77. The molecule has 3 atom stereocenters. The van der Waals surface area contributed by atoms with E-state index in [2.05, 4.69) is 0 Å². The quantitative estimate of drug-likeness (QED) is 0.686. The van der Waals surface area contributed by atoms with Crippen LogP contribution in [0.5, 0.6) is 0 Å². The minimum absolute atomic E-state index is 0.00333. The third-order valence-corrected chi connectivity index (χ3v) is 3.37. The Labute approximate surface area is 96.6 Å². The van der Waals surface area contributed by atoms with Crippen molar-refractivity contribution in [2.45, 2.75) is 57.8 Å². The summed E-state index contributed by atoms with van der Waals surface area (Å²) in [7, 11) is 0. The normalized spacial score (nSPS) is 34.0. The summed E-state index contributed by atoms with van der Waals surface area (Å²) in [5.41, 5.74) is -0.457. The zero-order valence-electron chi connectivity index (χ0n) is 10.3. The number of aliphatic hydroxyl groups is 1. The van der Waals surface area contributed by atoms with Crippen LogP contribution in [-0.2, 0) is 4.74 Å². The van der Waals surface area contributed by atoms with E-state index in [0.717, 1.165) is 25.8 Å². The van der Waals surface area contributed by atoms with E-state index in [-0.39, 0.29) is 18.2 Å². The van der Waals surface area contributed by atoms with Gasteiger partial charge in [0.25, 0.3) is 0 Å². The lowest BCUT2D eigenvalue weighted by molar-refractivity contribution is -0.0928. The maximum Gasteiger partial charge on any atom is 0.410 e. The van der Waals surface area contributed by atoms with E-state index in [1.807, 2.05) is 20.8 Å². The fourth-order valence-corrected chi connectivity index (χ4v) is 2.66. The number of carbonyl (C=O) groups is 1. The molecular weight excluding hydrogens is 206 g/mol. The van der Waals surface area contributed by atoms with Gasteiger partial charge in [0.2, 0.25) is 0 Å². The molecule has 1 saturated carbocycles. The van der Waals surface area contributed by atoms with Crippen molar-refractivity contribution in [1.29, 1.82) is 0 Å². The first-order valence-corrected chi connectivity index (χ1v) is 6.06. The molecule has 92 valence electrons. The van der Waals surface area contributed by atoms with Gasteiger partial charge < -0.3 is 14.7 Å². The maximum atomic E-state index is 11.8. The van der Waals surface area contributed by atoms with Crippen molar-refractivity contribution >= 4 is 6.09 Å². The van der Waals surface area contributed by atoms with Crippen LogP contribution in [0.15, 0.2) is 0 Å². The summed E-state index contributed by atoms with van der Waals surface area (Å²) in [6.45, 7) is 6.33. The van der Waals surface area contributed by atoms with Gasteiger partial charge in [-0.05, 0) is 39.5 Å². The summed E-state index contributed by atoms with van der Waals surface area (Å²) in [6, 6.07) is 0.00333. The molecule has 4 nitrogen and oxygen atoms in total. The minimum atomic E-state index is -0.457. The second kappa shape index (κ2) is 3.91. The molecule has 1 aliphatic heterocycles. The van der Waals surface area contributed by atoms with Crippen molar-refractivity contribution in [3.05, 3.63) is 0 Å². The number of rotatable bonds is 0. The van der Waals surface area contributed by atoms with Crippen molar-refractivity contribution in [2.75, 3.05) is 6.54 Å². The number of ether oxygens (including phenoxy) is 1. The number of hydrogen-bond acceptors (Lipinski definition) is 3. The number of carbonyl (C=O) groups excluding carboxylic acids is 1. The predicted molar refractivity (Wildman–Crippen MR) is 60.1 cm³/mol. The van der Waals surface area contributed by atoms with Crippen molar-refractivity contribution in [3.63, 3.8) is 0 Å². The van der Waals surface area contributed by atoms with Crippen LogP contribution in [-0.4, -0.2) is 40.4 Å². The molecule has 3 unspecified atom stereocenters. The first-order chi connectivity index (χ1) is 7.38. The number of nitrogens with zero attached hydrogens (tertiary/aromatic N) is 1. The number of aliphatic hydroxyl groups excluding tert-OH is 1. The summed E-state index contributed by atoms with van der Waals surface area (Å²) in [5.74, 6) is 0.483. The molecule has 1 saturated heterocycles.